The molecule has 10 nitrogen and oxygen atoms in total. The number of methoxy groups -OCH3 is 1. The summed E-state index contributed by atoms with van der Waals surface area (Å²) in [5, 5.41) is 25.1. The first-order chi connectivity index (χ1) is 20.3. The van der Waals surface area contributed by atoms with Crippen LogP contribution < -0.4 is 15.4 Å². The molecule has 2 unspecified atom stereocenters. The molecule has 2 atom stereocenters. The van der Waals surface area contributed by atoms with Gasteiger partial charge in [0, 0.05) is 12.1 Å². The van der Waals surface area contributed by atoms with E-state index < -0.39 is 42.1 Å². The Labute approximate surface area is 252 Å². The average molecular weight is 587 g/mol. The summed E-state index contributed by atoms with van der Waals surface area (Å²) in [4.78, 5) is 42.3. The summed E-state index contributed by atoms with van der Waals surface area (Å²) in [6.07, 6.45) is -0.813. The van der Waals surface area contributed by atoms with Crippen LogP contribution in [0.2, 0.25) is 0 Å². The fourth-order valence-electron chi connectivity index (χ4n) is 4.50. The van der Waals surface area contributed by atoms with Crippen LogP contribution in [0.5, 0.6) is 11.5 Å². The van der Waals surface area contributed by atoms with Crippen molar-refractivity contribution in [3.63, 3.8) is 0 Å². The van der Waals surface area contributed by atoms with Crippen LogP contribution in [-0.4, -0.2) is 53.2 Å². The Bertz CT molecular complexity index is 1470. The van der Waals surface area contributed by atoms with Gasteiger partial charge in [-0.1, -0.05) is 30.3 Å². The highest BCUT2D eigenvalue weighted by Crippen LogP contribution is 2.29. The second-order valence-electron chi connectivity index (χ2n) is 11.1. The quantitative estimate of drug-likeness (QED) is 0.278. The number of nitriles is 1. The van der Waals surface area contributed by atoms with Gasteiger partial charge in [-0.05, 0) is 93.3 Å². The van der Waals surface area contributed by atoms with Gasteiger partial charge >= 0.3 is 6.09 Å². The number of aryl methyl sites for hydroxylation is 1. The third kappa shape index (κ3) is 8.97. The highest BCUT2D eigenvalue weighted by molar-refractivity contribution is 5.99. The summed E-state index contributed by atoms with van der Waals surface area (Å²) in [5.74, 6) is -0.543. The van der Waals surface area contributed by atoms with E-state index in [9.17, 15) is 24.8 Å². The zero-order chi connectivity index (χ0) is 31.7. The number of benzene rings is 3. The molecule has 3 aromatic rings. The molecule has 0 spiro atoms. The zero-order valence-corrected chi connectivity index (χ0v) is 25.3. The fraction of sp³-hybridized carbons (Fsp3) is 0.333. The number of alkyl carbamates (subject to hydrolysis) is 1. The van der Waals surface area contributed by atoms with Gasteiger partial charge in [0.2, 0.25) is 5.91 Å². The monoisotopic (exact) mass is 586 g/mol. The number of hydrogen-bond donors (Lipinski definition) is 3. The molecule has 0 aliphatic carbocycles. The molecule has 0 aliphatic heterocycles. The minimum Gasteiger partial charge on any atom is -0.508 e. The second kappa shape index (κ2) is 14.2. The van der Waals surface area contributed by atoms with Crippen LogP contribution in [0.15, 0.2) is 66.7 Å². The summed E-state index contributed by atoms with van der Waals surface area (Å²) in [6, 6.07) is 18.0. The molecule has 0 fully saturated rings. The molecule has 10 heteroatoms. The molecular formula is C33H38N4O6. The highest BCUT2D eigenvalue weighted by atomic mass is 16.6. The lowest BCUT2D eigenvalue weighted by Crippen LogP contribution is -2.53. The molecular weight excluding hydrogens is 548 g/mol. The second-order valence-corrected chi connectivity index (χ2v) is 11.1. The van der Waals surface area contributed by atoms with E-state index in [1.165, 1.54) is 24.1 Å². The van der Waals surface area contributed by atoms with Crippen molar-refractivity contribution in [3.8, 4) is 17.6 Å². The van der Waals surface area contributed by atoms with Crippen LogP contribution in [0.4, 0.5) is 10.5 Å². The average Bonchev–Trinajstić information content (AvgIpc) is 2.94. The number of nitrogens with zero attached hydrogens (tertiary/aromatic N) is 2. The number of rotatable bonds is 10. The zero-order valence-electron chi connectivity index (χ0n) is 25.3. The standard InChI is InChI=1S/C33H38N4O6/c1-21-8-7-9-27(22(21)2)29(30(39)35-24-12-16-26(42-6)17-13-24)37(19-18-34)31(40)28(36-32(41)43-33(3,4)5)20-23-10-14-25(38)15-11-23/h7-17,28-29,38H,19-20H2,1-6H3,(H,35,39)(H,36,41). The molecule has 3 N–H and O–H groups in total. The lowest BCUT2D eigenvalue weighted by molar-refractivity contribution is -0.140. The van der Waals surface area contributed by atoms with Gasteiger partial charge in [-0.25, -0.2) is 4.79 Å². The molecule has 3 amide bonds. The normalized spacial score (nSPS) is 12.3. The topological polar surface area (TPSA) is 141 Å². The predicted molar refractivity (Wildman–Crippen MR) is 163 cm³/mol. The van der Waals surface area contributed by atoms with Crippen molar-refractivity contribution in [2.45, 2.75) is 58.7 Å². The van der Waals surface area contributed by atoms with Crippen LogP contribution in [0.3, 0.4) is 0 Å². The summed E-state index contributed by atoms with van der Waals surface area (Å²) in [7, 11) is 1.54. The first kappa shape index (κ1) is 32.5. The summed E-state index contributed by atoms with van der Waals surface area (Å²) in [6.45, 7) is 8.41. The van der Waals surface area contributed by atoms with Crippen molar-refractivity contribution in [1.82, 2.24) is 10.2 Å². The third-order valence-corrected chi connectivity index (χ3v) is 6.75. The van der Waals surface area contributed by atoms with Gasteiger partial charge in [-0.15, -0.1) is 0 Å². The van der Waals surface area contributed by atoms with Crippen molar-refractivity contribution in [1.29, 1.82) is 5.26 Å². The Morgan fingerprint density at radius 1 is 1.00 bits per heavy atom. The van der Waals surface area contributed by atoms with Gasteiger partial charge in [-0.3, -0.25) is 9.59 Å². The van der Waals surface area contributed by atoms with Gasteiger partial charge in [0.1, 0.15) is 35.7 Å². The van der Waals surface area contributed by atoms with Crippen LogP contribution >= 0.6 is 0 Å². The van der Waals surface area contributed by atoms with Crippen molar-refractivity contribution in [2.75, 3.05) is 19.0 Å². The molecule has 43 heavy (non-hydrogen) atoms. The van der Waals surface area contributed by atoms with E-state index in [2.05, 4.69) is 10.6 Å². The Morgan fingerprint density at radius 2 is 1.65 bits per heavy atom. The molecule has 3 aromatic carbocycles. The van der Waals surface area contributed by atoms with Crippen LogP contribution in [0, 0.1) is 25.2 Å². The lowest BCUT2D eigenvalue weighted by Gasteiger charge is -2.34. The number of nitrogens with one attached hydrogen (secondary N) is 2. The van der Waals surface area contributed by atoms with Gasteiger partial charge in [0.25, 0.3) is 5.91 Å². The first-order valence-electron chi connectivity index (χ1n) is 13.8. The molecule has 0 saturated heterocycles. The van der Waals surface area contributed by atoms with E-state index in [1.807, 2.05) is 26.0 Å². The largest absolute Gasteiger partial charge is 0.508 e. The number of carbonyl (C=O) groups excluding carboxylic acids is 3. The number of phenolic OH excluding ortho intramolecular Hbond substituents is 1. The molecule has 3 rings (SSSR count). The molecule has 0 heterocycles. The summed E-state index contributed by atoms with van der Waals surface area (Å²) < 4.78 is 10.6. The van der Waals surface area contributed by atoms with Crippen molar-refractivity contribution >= 4 is 23.6 Å². The number of phenols is 1. The van der Waals surface area contributed by atoms with Crippen LogP contribution in [0.25, 0.3) is 0 Å². The minimum absolute atomic E-state index is 0.0138. The molecule has 0 aliphatic rings. The van der Waals surface area contributed by atoms with Gasteiger partial charge in [0.05, 0.1) is 13.2 Å². The lowest BCUT2D eigenvalue weighted by atomic mass is 9.94. The smallest absolute Gasteiger partial charge is 0.408 e. The first-order valence-corrected chi connectivity index (χ1v) is 13.8. The number of anilines is 1. The molecule has 226 valence electrons. The van der Waals surface area contributed by atoms with Gasteiger partial charge in [0.15, 0.2) is 0 Å². The van der Waals surface area contributed by atoms with E-state index in [4.69, 9.17) is 9.47 Å². The van der Waals surface area contributed by atoms with Gasteiger partial charge in [-0.2, -0.15) is 5.26 Å². The van der Waals surface area contributed by atoms with E-state index in [-0.39, 0.29) is 12.2 Å². The number of aromatic hydroxyl groups is 1. The maximum atomic E-state index is 14.3. The van der Waals surface area contributed by atoms with Crippen molar-refractivity contribution < 1.29 is 29.0 Å². The third-order valence-electron chi connectivity index (χ3n) is 6.75. The molecule has 0 aromatic heterocycles. The van der Waals surface area contributed by atoms with Crippen molar-refractivity contribution in [3.05, 3.63) is 89.0 Å². The Kier molecular flexibility index (Phi) is 10.7. The number of amides is 3. The van der Waals surface area contributed by atoms with Crippen molar-refractivity contribution in [2.24, 2.45) is 0 Å². The summed E-state index contributed by atoms with van der Waals surface area (Å²) >= 11 is 0. The highest BCUT2D eigenvalue weighted by Gasteiger charge is 2.37. The molecule has 0 bridgehead atoms. The fourth-order valence-corrected chi connectivity index (χ4v) is 4.50. The Hall–Kier alpha value is -5.04. The maximum Gasteiger partial charge on any atom is 0.408 e. The number of carbonyl (C=O) groups is 3. The molecule has 0 saturated carbocycles. The van der Waals surface area contributed by atoms with Crippen LogP contribution in [-0.2, 0) is 20.7 Å². The Balaban J connectivity index is 2.08. The Morgan fingerprint density at radius 3 is 2.23 bits per heavy atom. The number of ether oxygens (including phenoxy) is 2. The summed E-state index contributed by atoms with van der Waals surface area (Å²) in [5.41, 5.74) is 2.49. The van der Waals surface area contributed by atoms with E-state index in [0.29, 0.717) is 22.6 Å². The SMILES string of the molecule is COc1ccc(NC(=O)C(c2cccc(C)c2C)N(CC#N)C(=O)C(Cc2ccc(O)cc2)NC(=O)OC(C)(C)C)cc1. The van der Waals surface area contributed by atoms with E-state index in [0.717, 1.165) is 11.1 Å². The molecule has 0 radical (unpaired) electrons. The van der Waals surface area contributed by atoms with Crippen LogP contribution in [0.1, 0.15) is 49.1 Å². The number of hydrogen-bond acceptors (Lipinski definition) is 7. The van der Waals surface area contributed by atoms with Gasteiger partial charge < -0.3 is 30.1 Å². The minimum atomic E-state index is -1.21. The maximum absolute atomic E-state index is 14.3. The van der Waals surface area contributed by atoms with E-state index >= 15 is 0 Å². The predicted octanol–water partition coefficient (Wildman–Crippen LogP) is 5.19. The van der Waals surface area contributed by atoms with E-state index in [1.54, 1.807) is 69.3 Å².